The number of hydrogen-bond acceptors (Lipinski definition) is 4. The van der Waals surface area contributed by atoms with Gasteiger partial charge >= 0.3 is 11.9 Å². The molecule has 0 aliphatic heterocycles. The number of unbranched alkanes of at least 4 members (excludes halogenated alkanes) is 2. The standard InChI is InChI=1S/C16H24O4/c1-4-6-8-10-12-16(18)20-14(3)13-19-15(17)11-9-7-5-2/h2,4,6,14H,7-13H2,1,3H3/b6-4-. The van der Waals surface area contributed by atoms with E-state index in [1.165, 1.54) is 0 Å². The van der Waals surface area contributed by atoms with Gasteiger partial charge < -0.3 is 9.47 Å². The highest BCUT2D eigenvalue weighted by Crippen LogP contribution is 2.03. The molecule has 0 radical (unpaired) electrons. The van der Waals surface area contributed by atoms with Crippen molar-refractivity contribution in [1.82, 2.24) is 0 Å². The average Bonchev–Trinajstić information content (AvgIpc) is 2.42. The lowest BCUT2D eigenvalue weighted by Crippen LogP contribution is -2.22. The fourth-order valence-corrected chi connectivity index (χ4v) is 1.47. The van der Waals surface area contributed by atoms with Crippen LogP contribution in [0.5, 0.6) is 0 Å². The van der Waals surface area contributed by atoms with Crippen molar-refractivity contribution in [3.05, 3.63) is 12.2 Å². The van der Waals surface area contributed by atoms with Crippen molar-refractivity contribution in [1.29, 1.82) is 0 Å². The number of allylic oxidation sites excluding steroid dienone is 2. The van der Waals surface area contributed by atoms with E-state index in [1.807, 2.05) is 19.1 Å². The number of rotatable bonds is 10. The third-order valence-electron chi connectivity index (χ3n) is 2.50. The van der Waals surface area contributed by atoms with Gasteiger partial charge in [-0.05, 0) is 33.1 Å². The summed E-state index contributed by atoms with van der Waals surface area (Å²) >= 11 is 0. The molecular formula is C16H24O4. The molecule has 0 fully saturated rings. The van der Waals surface area contributed by atoms with Crippen LogP contribution in [-0.2, 0) is 19.1 Å². The first-order chi connectivity index (χ1) is 9.60. The second-order valence-electron chi connectivity index (χ2n) is 4.50. The molecule has 0 bridgehead atoms. The quantitative estimate of drug-likeness (QED) is 0.267. The zero-order chi connectivity index (χ0) is 15.2. The lowest BCUT2D eigenvalue weighted by molar-refractivity contribution is -0.158. The average molecular weight is 280 g/mol. The van der Waals surface area contributed by atoms with Crippen LogP contribution >= 0.6 is 0 Å². The van der Waals surface area contributed by atoms with Crippen LogP contribution in [-0.4, -0.2) is 24.6 Å². The first-order valence-corrected chi connectivity index (χ1v) is 6.99. The Hall–Kier alpha value is -1.76. The minimum atomic E-state index is -0.416. The van der Waals surface area contributed by atoms with Gasteiger partial charge in [-0.3, -0.25) is 9.59 Å². The molecule has 112 valence electrons. The molecule has 1 unspecified atom stereocenters. The van der Waals surface area contributed by atoms with Gasteiger partial charge in [0.1, 0.15) is 12.7 Å². The van der Waals surface area contributed by atoms with E-state index in [9.17, 15) is 9.59 Å². The molecule has 0 aromatic heterocycles. The molecular weight excluding hydrogens is 256 g/mol. The molecule has 0 aromatic rings. The Balaban J connectivity index is 3.66. The molecule has 0 saturated heterocycles. The molecule has 4 heteroatoms. The first kappa shape index (κ1) is 18.2. The van der Waals surface area contributed by atoms with Gasteiger partial charge in [0.05, 0.1) is 0 Å². The number of ether oxygens (including phenoxy) is 2. The Morgan fingerprint density at radius 3 is 2.60 bits per heavy atom. The SMILES string of the molecule is C#CCCCC(=O)OCC(C)OC(=O)CCC/C=C\C. The number of esters is 2. The number of carbonyl (C=O) groups is 2. The molecule has 0 aromatic carbocycles. The van der Waals surface area contributed by atoms with E-state index in [0.29, 0.717) is 25.7 Å². The summed E-state index contributed by atoms with van der Waals surface area (Å²) in [6.07, 6.45) is 12.1. The third-order valence-corrected chi connectivity index (χ3v) is 2.50. The molecule has 0 heterocycles. The van der Waals surface area contributed by atoms with E-state index < -0.39 is 6.10 Å². The Kier molecular flexibility index (Phi) is 11.2. The highest BCUT2D eigenvalue weighted by Gasteiger charge is 2.11. The van der Waals surface area contributed by atoms with Crippen molar-refractivity contribution in [3.63, 3.8) is 0 Å². The molecule has 0 saturated carbocycles. The summed E-state index contributed by atoms with van der Waals surface area (Å²) in [6.45, 7) is 3.74. The Morgan fingerprint density at radius 2 is 1.95 bits per heavy atom. The Morgan fingerprint density at radius 1 is 1.25 bits per heavy atom. The number of terminal acetylenes is 1. The normalized spacial score (nSPS) is 11.8. The largest absolute Gasteiger partial charge is 0.462 e. The maximum Gasteiger partial charge on any atom is 0.306 e. The van der Waals surface area contributed by atoms with E-state index in [2.05, 4.69) is 5.92 Å². The van der Waals surface area contributed by atoms with Crippen LogP contribution in [0.25, 0.3) is 0 Å². The van der Waals surface area contributed by atoms with Gasteiger partial charge in [0.25, 0.3) is 0 Å². The zero-order valence-corrected chi connectivity index (χ0v) is 12.4. The first-order valence-electron chi connectivity index (χ1n) is 6.99. The summed E-state index contributed by atoms with van der Waals surface area (Å²) in [7, 11) is 0. The van der Waals surface area contributed by atoms with Crippen LogP contribution < -0.4 is 0 Å². The molecule has 0 rings (SSSR count). The topological polar surface area (TPSA) is 52.6 Å². The van der Waals surface area contributed by atoms with Crippen LogP contribution in [0, 0.1) is 12.3 Å². The van der Waals surface area contributed by atoms with Crippen LogP contribution in [0.2, 0.25) is 0 Å². The lowest BCUT2D eigenvalue weighted by atomic mass is 10.2. The molecule has 20 heavy (non-hydrogen) atoms. The van der Waals surface area contributed by atoms with E-state index >= 15 is 0 Å². The molecule has 4 nitrogen and oxygen atoms in total. The summed E-state index contributed by atoms with van der Waals surface area (Å²) in [5.41, 5.74) is 0. The van der Waals surface area contributed by atoms with Gasteiger partial charge in [-0.25, -0.2) is 0 Å². The highest BCUT2D eigenvalue weighted by molar-refractivity contribution is 5.70. The fraction of sp³-hybridized carbons (Fsp3) is 0.625. The van der Waals surface area contributed by atoms with Gasteiger partial charge in [0, 0.05) is 19.3 Å². The minimum Gasteiger partial charge on any atom is -0.462 e. The summed E-state index contributed by atoms with van der Waals surface area (Å²) in [4.78, 5) is 22.8. The molecule has 0 aliphatic carbocycles. The van der Waals surface area contributed by atoms with Crippen LogP contribution in [0.3, 0.4) is 0 Å². The summed E-state index contributed by atoms with van der Waals surface area (Å²) in [6, 6.07) is 0. The Bertz CT molecular complexity index is 352. The van der Waals surface area contributed by atoms with E-state index in [0.717, 1.165) is 12.8 Å². The predicted octanol–water partition coefficient (Wildman–Crippen LogP) is 3.01. The number of carbonyl (C=O) groups excluding carboxylic acids is 2. The predicted molar refractivity (Wildman–Crippen MR) is 77.9 cm³/mol. The maximum absolute atomic E-state index is 11.5. The van der Waals surface area contributed by atoms with Crippen molar-refractivity contribution in [2.45, 2.75) is 58.5 Å². The van der Waals surface area contributed by atoms with E-state index in [-0.39, 0.29) is 18.5 Å². The molecule has 1 atom stereocenters. The van der Waals surface area contributed by atoms with Crippen molar-refractivity contribution in [2.75, 3.05) is 6.61 Å². The smallest absolute Gasteiger partial charge is 0.306 e. The molecule has 0 N–H and O–H groups in total. The van der Waals surface area contributed by atoms with Gasteiger partial charge in [-0.15, -0.1) is 12.3 Å². The second kappa shape index (κ2) is 12.3. The van der Waals surface area contributed by atoms with Crippen LogP contribution in [0.1, 0.15) is 52.4 Å². The second-order valence-corrected chi connectivity index (χ2v) is 4.50. The summed E-state index contributed by atoms with van der Waals surface area (Å²) in [5, 5.41) is 0. The monoisotopic (exact) mass is 280 g/mol. The molecule has 0 amide bonds. The summed E-state index contributed by atoms with van der Waals surface area (Å²) in [5.74, 6) is 1.89. The van der Waals surface area contributed by atoms with Crippen molar-refractivity contribution in [3.8, 4) is 12.3 Å². The zero-order valence-electron chi connectivity index (χ0n) is 12.4. The highest BCUT2D eigenvalue weighted by atomic mass is 16.6. The van der Waals surface area contributed by atoms with Crippen molar-refractivity contribution in [2.24, 2.45) is 0 Å². The van der Waals surface area contributed by atoms with Gasteiger partial charge in [-0.1, -0.05) is 12.2 Å². The fourth-order valence-electron chi connectivity index (χ4n) is 1.47. The van der Waals surface area contributed by atoms with Crippen molar-refractivity contribution < 1.29 is 19.1 Å². The van der Waals surface area contributed by atoms with E-state index in [1.54, 1.807) is 6.92 Å². The third kappa shape index (κ3) is 11.3. The lowest BCUT2D eigenvalue weighted by Gasteiger charge is -2.13. The molecule has 0 aliphatic rings. The summed E-state index contributed by atoms with van der Waals surface area (Å²) < 4.78 is 10.1. The van der Waals surface area contributed by atoms with Gasteiger partial charge in [0.15, 0.2) is 0 Å². The van der Waals surface area contributed by atoms with E-state index in [4.69, 9.17) is 15.9 Å². The van der Waals surface area contributed by atoms with Gasteiger partial charge in [-0.2, -0.15) is 0 Å². The van der Waals surface area contributed by atoms with Gasteiger partial charge in [0.2, 0.25) is 0 Å². The van der Waals surface area contributed by atoms with Crippen molar-refractivity contribution >= 4 is 11.9 Å². The van der Waals surface area contributed by atoms with Crippen LogP contribution in [0.4, 0.5) is 0 Å². The Labute approximate surface area is 121 Å². The van der Waals surface area contributed by atoms with Crippen LogP contribution in [0.15, 0.2) is 12.2 Å². The minimum absolute atomic E-state index is 0.0927. The molecule has 0 spiro atoms. The number of hydrogen-bond donors (Lipinski definition) is 0. The maximum atomic E-state index is 11.5.